The third-order valence-corrected chi connectivity index (χ3v) is 4.86. The molecule has 1 fully saturated rings. The minimum Gasteiger partial charge on any atom is -0.337 e. The molecule has 0 saturated carbocycles. The summed E-state index contributed by atoms with van der Waals surface area (Å²) >= 11 is 0. The van der Waals surface area contributed by atoms with Gasteiger partial charge in [-0.25, -0.2) is 13.6 Å². The van der Waals surface area contributed by atoms with E-state index < -0.39 is 10.0 Å². The lowest BCUT2D eigenvalue weighted by molar-refractivity contribution is 0.0673. The molecule has 8 heteroatoms. The summed E-state index contributed by atoms with van der Waals surface area (Å²) in [5.41, 5.74) is 1.00. The zero-order valence-corrected chi connectivity index (χ0v) is 14.0. The maximum Gasteiger partial charge on any atom is 0.253 e. The Kier molecular flexibility index (Phi) is 4.68. The highest BCUT2D eigenvalue weighted by molar-refractivity contribution is 7.88. The lowest BCUT2D eigenvalue weighted by atomic mass is 10.0. The second kappa shape index (κ2) is 6.74. The van der Waals surface area contributed by atoms with E-state index in [0.29, 0.717) is 24.2 Å². The molecule has 1 aliphatic heterocycles. The number of benzene rings is 1. The summed E-state index contributed by atoms with van der Waals surface area (Å²) in [6, 6.07) is 8.69. The number of carbonyl (C=O) groups is 1. The number of hydrogen-bond donors (Lipinski definition) is 1. The molecule has 24 heavy (non-hydrogen) atoms. The van der Waals surface area contributed by atoms with Crippen LogP contribution in [0.2, 0.25) is 0 Å². The third-order valence-electron chi connectivity index (χ3n) is 4.12. The van der Waals surface area contributed by atoms with Crippen molar-refractivity contribution in [1.29, 1.82) is 0 Å². The lowest BCUT2D eigenvalue weighted by Gasteiger charge is -2.33. The van der Waals surface area contributed by atoms with E-state index in [4.69, 9.17) is 5.14 Å². The predicted octanol–water partition coefficient (Wildman–Crippen LogP) is 1.15. The van der Waals surface area contributed by atoms with Gasteiger partial charge in [0.2, 0.25) is 10.0 Å². The van der Waals surface area contributed by atoms with E-state index in [1.807, 2.05) is 16.9 Å². The van der Waals surface area contributed by atoms with Crippen LogP contribution in [0.1, 0.15) is 34.8 Å². The molecule has 1 aromatic heterocycles. The fourth-order valence-electron chi connectivity index (χ4n) is 3.06. The number of piperidine rings is 1. The molecule has 1 atom stereocenters. The summed E-state index contributed by atoms with van der Waals surface area (Å²) < 4.78 is 24.3. The van der Waals surface area contributed by atoms with Gasteiger partial charge in [0, 0.05) is 31.0 Å². The summed E-state index contributed by atoms with van der Waals surface area (Å²) in [6.07, 6.45) is 5.53. The van der Waals surface area contributed by atoms with Crippen molar-refractivity contribution in [2.24, 2.45) is 5.14 Å². The molecule has 2 heterocycles. The number of carbonyl (C=O) groups excluding carboxylic acids is 1. The first-order valence-electron chi connectivity index (χ1n) is 7.80. The minimum absolute atomic E-state index is 0.0943. The molecule has 0 bridgehead atoms. The van der Waals surface area contributed by atoms with Crippen molar-refractivity contribution >= 4 is 15.9 Å². The van der Waals surface area contributed by atoms with Gasteiger partial charge in [-0.1, -0.05) is 12.1 Å². The Hall–Kier alpha value is -2.19. The Morgan fingerprint density at radius 2 is 2.17 bits per heavy atom. The normalized spacial score (nSPS) is 18.5. The Morgan fingerprint density at radius 3 is 2.88 bits per heavy atom. The number of hydrogen-bond acceptors (Lipinski definition) is 4. The van der Waals surface area contributed by atoms with E-state index >= 15 is 0 Å². The number of rotatable bonds is 4. The van der Waals surface area contributed by atoms with Crippen molar-refractivity contribution in [3.05, 3.63) is 53.9 Å². The van der Waals surface area contributed by atoms with Gasteiger partial charge in [-0.05, 0) is 36.6 Å². The van der Waals surface area contributed by atoms with E-state index in [9.17, 15) is 13.2 Å². The third kappa shape index (κ3) is 4.01. The highest BCUT2D eigenvalue weighted by Crippen LogP contribution is 2.22. The fraction of sp³-hybridized carbons (Fsp3) is 0.375. The second-order valence-corrected chi connectivity index (χ2v) is 7.66. The zero-order valence-electron chi connectivity index (χ0n) is 13.2. The van der Waals surface area contributed by atoms with Crippen molar-refractivity contribution in [2.45, 2.75) is 24.6 Å². The van der Waals surface area contributed by atoms with Gasteiger partial charge in [-0.15, -0.1) is 0 Å². The molecule has 0 aliphatic carbocycles. The van der Waals surface area contributed by atoms with Crippen molar-refractivity contribution in [3.63, 3.8) is 0 Å². The van der Waals surface area contributed by atoms with Crippen LogP contribution in [-0.2, 0) is 15.8 Å². The smallest absolute Gasteiger partial charge is 0.253 e. The van der Waals surface area contributed by atoms with Crippen LogP contribution in [0.5, 0.6) is 0 Å². The average molecular weight is 348 g/mol. The van der Waals surface area contributed by atoms with E-state index in [1.165, 1.54) is 0 Å². The molecule has 1 saturated heterocycles. The Balaban J connectivity index is 1.75. The number of nitrogens with zero attached hydrogens (tertiary/aromatic N) is 3. The maximum absolute atomic E-state index is 12.7. The highest BCUT2D eigenvalue weighted by Gasteiger charge is 2.25. The van der Waals surface area contributed by atoms with Crippen LogP contribution in [0.15, 0.2) is 42.7 Å². The van der Waals surface area contributed by atoms with Gasteiger partial charge >= 0.3 is 0 Å². The van der Waals surface area contributed by atoms with Gasteiger partial charge in [-0.2, -0.15) is 5.10 Å². The second-order valence-electron chi connectivity index (χ2n) is 6.04. The Bertz CT molecular complexity index is 818. The first-order chi connectivity index (χ1) is 11.4. The Labute approximate surface area is 141 Å². The molecular formula is C16H20N4O3S. The molecule has 128 valence electrons. The number of nitrogens with two attached hydrogens (primary N) is 1. The molecule has 3 rings (SSSR count). The largest absolute Gasteiger partial charge is 0.337 e. The number of primary sulfonamides is 1. The van der Waals surface area contributed by atoms with Crippen molar-refractivity contribution in [1.82, 2.24) is 14.7 Å². The van der Waals surface area contributed by atoms with Crippen LogP contribution in [-0.4, -0.2) is 42.1 Å². The summed E-state index contributed by atoms with van der Waals surface area (Å²) in [6.45, 7) is 1.29. The van der Waals surface area contributed by atoms with Gasteiger partial charge in [0.25, 0.3) is 5.91 Å². The van der Waals surface area contributed by atoms with E-state index in [1.54, 1.807) is 35.4 Å². The van der Waals surface area contributed by atoms with Gasteiger partial charge in [-0.3, -0.25) is 9.48 Å². The number of sulfonamides is 1. The van der Waals surface area contributed by atoms with Crippen LogP contribution in [0.3, 0.4) is 0 Å². The minimum atomic E-state index is -3.62. The van der Waals surface area contributed by atoms with E-state index in [-0.39, 0.29) is 17.7 Å². The quantitative estimate of drug-likeness (QED) is 0.896. The molecule has 1 aromatic carbocycles. The topological polar surface area (TPSA) is 98.3 Å². The monoisotopic (exact) mass is 348 g/mol. The summed E-state index contributed by atoms with van der Waals surface area (Å²) in [5.74, 6) is -0.368. The lowest BCUT2D eigenvalue weighted by Crippen LogP contribution is -2.40. The Morgan fingerprint density at radius 1 is 1.33 bits per heavy atom. The maximum atomic E-state index is 12.7. The van der Waals surface area contributed by atoms with Crippen LogP contribution < -0.4 is 5.14 Å². The summed E-state index contributed by atoms with van der Waals surface area (Å²) in [7, 11) is -3.62. The zero-order chi connectivity index (χ0) is 17.2. The molecule has 0 radical (unpaired) electrons. The standard InChI is InChI=1S/C16H20N4O3S/c17-24(22,23)12-13-4-1-5-14(10-13)16(21)19-8-2-6-15(11-19)20-9-3-7-18-20/h1,3-5,7,9-10,15H,2,6,8,11-12H2,(H2,17,22,23)/t15-/m1/s1. The number of amides is 1. The van der Waals surface area contributed by atoms with Crippen LogP contribution in [0.4, 0.5) is 0 Å². The fourth-order valence-corrected chi connectivity index (χ4v) is 3.70. The van der Waals surface area contributed by atoms with Gasteiger partial charge < -0.3 is 4.90 Å². The van der Waals surface area contributed by atoms with Crippen molar-refractivity contribution in [2.75, 3.05) is 13.1 Å². The van der Waals surface area contributed by atoms with Crippen LogP contribution >= 0.6 is 0 Å². The SMILES string of the molecule is NS(=O)(=O)Cc1cccc(C(=O)N2CCC[C@@H](n3cccn3)C2)c1. The predicted molar refractivity (Wildman–Crippen MR) is 89.7 cm³/mol. The molecule has 7 nitrogen and oxygen atoms in total. The van der Waals surface area contributed by atoms with Gasteiger partial charge in [0.05, 0.1) is 11.8 Å². The van der Waals surface area contributed by atoms with Crippen LogP contribution in [0, 0.1) is 0 Å². The van der Waals surface area contributed by atoms with Gasteiger partial charge in [0.15, 0.2) is 0 Å². The molecular weight excluding hydrogens is 328 g/mol. The number of aromatic nitrogens is 2. The summed E-state index contributed by atoms with van der Waals surface area (Å²) in [4.78, 5) is 14.5. The van der Waals surface area contributed by atoms with E-state index in [0.717, 1.165) is 12.8 Å². The molecule has 2 aromatic rings. The summed E-state index contributed by atoms with van der Waals surface area (Å²) in [5, 5.41) is 9.34. The van der Waals surface area contributed by atoms with E-state index in [2.05, 4.69) is 5.10 Å². The van der Waals surface area contributed by atoms with Gasteiger partial charge in [0.1, 0.15) is 0 Å². The first kappa shape index (κ1) is 16.7. The van der Waals surface area contributed by atoms with Crippen molar-refractivity contribution < 1.29 is 13.2 Å². The molecule has 1 amide bonds. The van der Waals surface area contributed by atoms with Crippen molar-refractivity contribution in [3.8, 4) is 0 Å². The molecule has 2 N–H and O–H groups in total. The number of likely N-dealkylation sites (tertiary alicyclic amines) is 1. The highest BCUT2D eigenvalue weighted by atomic mass is 32.2. The van der Waals surface area contributed by atoms with Crippen LogP contribution in [0.25, 0.3) is 0 Å². The first-order valence-corrected chi connectivity index (χ1v) is 9.52. The molecule has 1 aliphatic rings. The average Bonchev–Trinajstić information content (AvgIpc) is 3.07. The molecule has 0 spiro atoms. The molecule has 0 unspecified atom stereocenters.